The Labute approximate surface area is 151 Å². The van der Waals surface area contributed by atoms with Crippen molar-refractivity contribution in [2.24, 2.45) is 5.41 Å². The Morgan fingerprint density at radius 2 is 1.80 bits per heavy atom. The Hall–Kier alpha value is -2.50. The van der Waals surface area contributed by atoms with Crippen LogP contribution in [0.1, 0.15) is 37.9 Å². The molecule has 25 heavy (non-hydrogen) atoms. The Bertz CT molecular complexity index is 764. The van der Waals surface area contributed by atoms with Gasteiger partial charge in [0.15, 0.2) is 0 Å². The van der Waals surface area contributed by atoms with E-state index in [1.807, 2.05) is 42.5 Å². The summed E-state index contributed by atoms with van der Waals surface area (Å²) in [5.41, 5.74) is 1.22. The Morgan fingerprint density at radius 1 is 1.04 bits per heavy atom. The number of likely N-dealkylation sites (N-methyl/N-ethyl adjacent to an activating group) is 1. The molecule has 130 valence electrons. The average Bonchev–Trinajstić information content (AvgIpc) is 3.00. The third kappa shape index (κ3) is 7.74. The van der Waals surface area contributed by atoms with Crippen LogP contribution >= 0.6 is 0 Å². The smallest absolute Gasteiger partial charge is 0.127 e. The largest absolute Gasteiger partial charge is 0.460 e. The van der Waals surface area contributed by atoms with E-state index in [1.54, 1.807) is 0 Å². The monoisotopic (exact) mass is 333 g/mol. The van der Waals surface area contributed by atoms with Crippen molar-refractivity contribution in [3.63, 3.8) is 0 Å². The SMILES string of the molecule is CN(C/C=C/C#CC(C)(C)C)Cc1ccc(/C=C\c2ccccc2)o1. The first-order chi connectivity index (χ1) is 11.9. The fraction of sp³-hybridized carbons (Fsp3) is 0.304. The van der Waals surface area contributed by atoms with Crippen molar-refractivity contribution in [2.45, 2.75) is 27.3 Å². The summed E-state index contributed by atoms with van der Waals surface area (Å²) in [6.07, 6.45) is 8.07. The molecule has 2 nitrogen and oxygen atoms in total. The van der Waals surface area contributed by atoms with Gasteiger partial charge in [-0.15, -0.1) is 0 Å². The number of rotatable bonds is 6. The second-order valence-electron chi connectivity index (χ2n) is 7.17. The molecule has 0 spiro atoms. The van der Waals surface area contributed by atoms with Gasteiger partial charge in [0.05, 0.1) is 6.54 Å². The van der Waals surface area contributed by atoms with Crippen molar-refractivity contribution in [1.82, 2.24) is 4.90 Å². The molecule has 1 heterocycles. The highest BCUT2D eigenvalue weighted by Gasteiger charge is 2.04. The van der Waals surface area contributed by atoms with E-state index in [2.05, 4.69) is 68.8 Å². The van der Waals surface area contributed by atoms with Crippen LogP contribution in [0, 0.1) is 17.3 Å². The highest BCUT2D eigenvalue weighted by molar-refractivity contribution is 5.67. The predicted octanol–water partition coefficient (Wildman–Crippen LogP) is 5.49. The molecular formula is C23H27NO. The van der Waals surface area contributed by atoms with E-state index in [0.717, 1.165) is 24.6 Å². The van der Waals surface area contributed by atoms with Crippen molar-refractivity contribution in [3.05, 3.63) is 71.7 Å². The molecule has 1 aromatic carbocycles. The van der Waals surface area contributed by atoms with Crippen LogP contribution in [0.15, 0.2) is 59.0 Å². The van der Waals surface area contributed by atoms with E-state index in [9.17, 15) is 0 Å². The lowest BCUT2D eigenvalue weighted by atomic mass is 9.98. The molecule has 1 aromatic heterocycles. The van der Waals surface area contributed by atoms with Crippen molar-refractivity contribution >= 4 is 12.2 Å². The van der Waals surface area contributed by atoms with Crippen LogP contribution in [-0.2, 0) is 6.54 Å². The van der Waals surface area contributed by atoms with E-state index in [4.69, 9.17) is 4.42 Å². The van der Waals surface area contributed by atoms with Crippen molar-refractivity contribution in [1.29, 1.82) is 0 Å². The molecule has 0 amide bonds. The summed E-state index contributed by atoms with van der Waals surface area (Å²) in [4.78, 5) is 2.19. The first-order valence-corrected chi connectivity index (χ1v) is 8.60. The van der Waals surface area contributed by atoms with Gasteiger partial charge in [0.1, 0.15) is 11.5 Å². The zero-order valence-corrected chi connectivity index (χ0v) is 15.6. The van der Waals surface area contributed by atoms with Gasteiger partial charge >= 0.3 is 0 Å². The zero-order valence-electron chi connectivity index (χ0n) is 15.6. The van der Waals surface area contributed by atoms with Gasteiger partial charge in [-0.2, -0.15) is 0 Å². The summed E-state index contributed by atoms with van der Waals surface area (Å²) in [5.74, 6) is 8.12. The van der Waals surface area contributed by atoms with Gasteiger partial charge in [-0.3, -0.25) is 4.90 Å². The molecular weight excluding hydrogens is 306 g/mol. The van der Waals surface area contributed by atoms with E-state index < -0.39 is 0 Å². The summed E-state index contributed by atoms with van der Waals surface area (Å²) in [6.45, 7) is 7.95. The maximum atomic E-state index is 5.87. The molecule has 0 unspecified atom stereocenters. The minimum Gasteiger partial charge on any atom is -0.460 e. The molecule has 0 radical (unpaired) electrons. The minimum atomic E-state index is 0.0497. The van der Waals surface area contributed by atoms with Gasteiger partial charge in [-0.25, -0.2) is 0 Å². The maximum Gasteiger partial charge on any atom is 0.127 e. The molecule has 0 aliphatic heterocycles. The summed E-state index contributed by atoms with van der Waals surface area (Å²) in [5, 5.41) is 0. The molecule has 2 rings (SSSR count). The fourth-order valence-corrected chi connectivity index (χ4v) is 2.19. The van der Waals surface area contributed by atoms with Gasteiger partial charge in [-0.05, 0) is 57.7 Å². The van der Waals surface area contributed by atoms with E-state index in [0.29, 0.717) is 0 Å². The van der Waals surface area contributed by atoms with Crippen LogP contribution in [0.5, 0.6) is 0 Å². The maximum absolute atomic E-state index is 5.87. The number of furan rings is 1. The molecule has 0 bridgehead atoms. The number of benzene rings is 1. The topological polar surface area (TPSA) is 16.4 Å². The molecule has 0 N–H and O–H groups in total. The third-order valence-electron chi connectivity index (χ3n) is 3.41. The van der Waals surface area contributed by atoms with Crippen molar-refractivity contribution in [3.8, 4) is 11.8 Å². The summed E-state index contributed by atoms with van der Waals surface area (Å²) in [7, 11) is 2.07. The highest BCUT2D eigenvalue weighted by Crippen LogP contribution is 2.13. The number of hydrogen-bond acceptors (Lipinski definition) is 2. The summed E-state index contributed by atoms with van der Waals surface area (Å²) in [6, 6.07) is 14.3. The Kier molecular flexibility index (Phi) is 6.86. The average molecular weight is 333 g/mol. The van der Waals surface area contributed by atoms with E-state index in [1.165, 1.54) is 5.56 Å². The minimum absolute atomic E-state index is 0.0497. The van der Waals surface area contributed by atoms with Gasteiger partial charge in [0.2, 0.25) is 0 Å². The second kappa shape index (κ2) is 9.11. The first-order valence-electron chi connectivity index (χ1n) is 8.60. The van der Waals surface area contributed by atoms with Gasteiger partial charge < -0.3 is 4.42 Å². The van der Waals surface area contributed by atoms with Crippen LogP contribution in [-0.4, -0.2) is 18.5 Å². The first kappa shape index (κ1) is 18.8. The lowest BCUT2D eigenvalue weighted by molar-refractivity contribution is 0.321. The molecule has 0 fully saturated rings. The van der Waals surface area contributed by atoms with Crippen molar-refractivity contribution < 1.29 is 4.42 Å². The number of allylic oxidation sites excluding steroid dienone is 1. The summed E-state index contributed by atoms with van der Waals surface area (Å²) >= 11 is 0. The zero-order chi connectivity index (χ0) is 18.1. The standard InChI is InChI=1S/C23H27NO/c1-23(2,3)17-9-6-10-18-24(4)19-22-16-15-21(25-22)14-13-20-11-7-5-8-12-20/h5-8,10-16H,18-19H2,1-4H3/b10-6+,14-13-. The van der Waals surface area contributed by atoms with Gasteiger partial charge in [0, 0.05) is 12.0 Å². The number of nitrogens with zero attached hydrogens (tertiary/aromatic N) is 1. The van der Waals surface area contributed by atoms with E-state index in [-0.39, 0.29) is 5.41 Å². The molecule has 0 saturated carbocycles. The fourth-order valence-electron chi connectivity index (χ4n) is 2.19. The van der Waals surface area contributed by atoms with Crippen LogP contribution in [0.25, 0.3) is 12.2 Å². The normalized spacial score (nSPS) is 12.0. The van der Waals surface area contributed by atoms with Gasteiger partial charge in [0.25, 0.3) is 0 Å². The molecule has 0 atom stereocenters. The molecule has 0 aliphatic carbocycles. The van der Waals surface area contributed by atoms with Crippen LogP contribution in [0.2, 0.25) is 0 Å². The Balaban J connectivity index is 1.83. The molecule has 0 aliphatic rings. The molecule has 2 heteroatoms. The van der Waals surface area contributed by atoms with E-state index >= 15 is 0 Å². The van der Waals surface area contributed by atoms with Crippen LogP contribution in [0.4, 0.5) is 0 Å². The Morgan fingerprint density at radius 3 is 2.52 bits per heavy atom. The lowest BCUT2D eigenvalue weighted by Crippen LogP contribution is -2.17. The van der Waals surface area contributed by atoms with Crippen LogP contribution in [0.3, 0.4) is 0 Å². The molecule has 2 aromatic rings. The lowest BCUT2D eigenvalue weighted by Gasteiger charge is -2.11. The van der Waals surface area contributed by atoms with Gasteiger partial charge in [-0.1, -0.05) is 54.3 Å². The summed E-state index contributed by atoms with van der Waals surface area (Å²) < 4.78 is 5.87. The molecule has 0 saturated heterocycles. The highest BCUT2D eigenvalue weighted by atomic mass is 16.3. The predicted molar refractivity (Wildman–Crippen MR) is 107 cm³/mol. The van der Waals surface area contributed by atoms with Crippen molar-refractivity contribution in [2.75, 3.05) is 13.6 Å². The second-order valence-corrected chi connectivity index (χ2v) is 7.17. The quantitative estimate of drug-likeness (QED) is 0.650. The number of hydrogen-bond donors (Lipinski definition) is 0. The third-order valence-corrected chi connectivity index (χ3v) is 3.41. The van der Waals surface area contributed by atoms with Crippen LogP contribution < -0.4 is 0 Å².